The van der Waals surface area contributed by atoms with E-state index in [0.29, 0.717) is 18.5 Å². The maximum Gasteiger partial charge on any atom is 0.274 e. The molecule has 1 heterocycles. The number of nitrogens with zero attached hydrogens (tertiary/aromatic N) is 1. The summed E-state index contributed by atoms with van der Waals surface area (Å²) in [5, 5.41) is 12.7. The maximum absolute atomic E-state index is 13.7. The summed E-state index contributed by atoms with van der Waals surface area (Å²) in [5.74, 6) is -3.41. The van der Waals surface area contributed by atoms with Crippen LogP contribution in [-0.2, 0) is 6.54 Å². The Labute approximate surface area is 178 Å². The van der Waals surface area contributed by atoms with Gasteiger partial charge in [-0.1, -0.05) is 12.5 Å². The number of carbonyl (C=O) groups excluding carboxylic acids is 2. The average molecular weight is 433 g/mol. The SMILES string of the molecule is CC(C)N(CC1CCC1)C(=O)c1[nH]cc(C(=O)NCc2ccc(F)cc2F)c(=O)c1O. The quantitative estimate of drug-likeness (QED) is 0.625. The average Bonchev–Trinajstić information content (AvgIpc) is 2.67. The van der Waals surface area contributed by atoms with E-state index in [9.17, 15) is 28.3 Å². The highest BCUT2D eigenvalue weighted by atomic mass is 19.1. The number of amides is 2. The van der Waals surface area contributed by atoms with Crippen molar-refractivity contribution in [2.24, 2.45) is 5.92 Å². The molecule has 0 spiro atoms. The molecule has 9 heteroatoms. The van der Waals surface area contributed by atoms with E-state index in [-0.39, 0.29) is 23.8 Å². The highest BCUT2D eigenvalue weighted by molar-refractivity contribution is 5.98. The monoisotopic (exact) mass is 433 g/mol. The van der Waals surface area contributed by atoms with Crippen molar-refractivity contribution in [2.45, 2.75) is 45.7 Å². The molecular weight excluding hydrogens is 408 g/mol. The molecule has 0 bridgehead atoms. The first-order valence-electron chi connectivity index (χ1n) is 10.2. The molecule has 3 rings (SSSR count). The molecule has 166 valence electrons. The summed E-state index contributed by atoms with van der Waals surface area (Å²) in [7, 11) is 0. The van der Waals surface area contributed by atoms with Gasteiger partial charge in [-0.2, -0.15) is 0 Å². The number of rotatable bonds is 7. The van der Waals surface area contributed by atoms with Crippen LogP contribution in [0.4, 0.5) is 8.78 Å². The van der Waals surface area contributed by atoms with Gasteiger partial charge in [-0.25, -0.2) is 8.78 Å². The number of aromatic nitrogens is 1. The second-order valence-electron chi connectivity index (χ2n) is 8.02. The van der Waals surface area contributed by atoms with Gasteiger partial charge in [0.05, 0.1) is 0 Å². The third-order valence-corrected chi connectivity index (χ3v) is 5.53. The Bertz CT molecular complexity index is 1050. The first-order valence-corrected chi connectivity index (χ1v) is 10.2. The standard InChI is InChI=1S/C22H25F2N3O4/c1-12(2)27(11-13-4-3-5-13)22(31)18-20(29)19(28)16(10-25-18)21(30)26-9-14-6-7-15(23)8-17(14)24/h6-8,10,12-13,29H,3-5,9,11H2,1-2H3,(H,25,28)(H,26,30). The number of benzene rings is 1. The molecule has 1 aliphatic carbocycles. The Balaban J connectivity index is 1.76. The van der Waals surface area contributed by atoms with E-state index in [1.807, 2.05) is 13.8 Å². The third kappa shape index (κ3) is 4.92. The van der Waals surface area contributed by atoms with E-state index in [1.54, 1.807) is 4.90 Å². The fraction of sp³-hybridized carbons (Fsp3) is 0.409. The van der Waals surface area contributed by atoms with Crippen LogP contribution in [0, 0.1) is 17.6 Å². The molecule has 1 saturated carbocycles. The topological polar surface area (TPSA) is 103 Å². The largest absolute Gasteiger partial charge is 0.503 e. The van der Waals surface area contributed by atoms with Crippen molar-refractivity contribution in [3.63, 3.8) is 0 Å². The van der Waals surface area contributed by atoms with E-state index in [2.05, 4.69) is 10.3 Å². The summed E-state index contributed by atoms with van der Waals surface area (Å²) in [6.45, 7) is 3.95. The summed E-state index contributed by atoms with van der Waals surface area (Å²) in [6, 6.07) is 2.78. The molecule has 0 saturated heterocycles. The molecule has 1 aromatic heterocycles. The summed E-state index contributed by atoms with van der Waals surface area (Å²) >= 11 is 0. The smallest absolute Gasteiger partial charge is 0.274 e. The zero-order chi connectivity index (χ0) is 22.7. The first-order chi connectivity index (χ1) is 14.7. The van der Waals surface area contributed by atoms with Crippen LogP contribution in [0.2, 0.25) is 0 Å². The van der Waals surface area contributed by atoms with Crippen LogP contribution in [0.1, 0.15) is 59.5 Å². The van der Waals surface area contributed by atoms with Gasteiger partial charge in [-0.05, 0) is 38.7 Å². The van der Waals surface area contributed by atoms with Gasteiger partial charge in [0, 0.05) is 37.0 Å². The van der Waals surface area contributed by atoms with Gasteiger partial charge in [0.25, 0.3) is 11.8 Å². The Hall–Kier alpha value is -3.23. The number of halogens is 2. The van der Waals surface area contributed by atoms with E-state index in [0.717, 1.165) is 31.5 Å². The van der Waals surface area contributed by atoms with Crippen LogP contribution in [0.5, 0.6) is 5.75 Å². The molecule has 1 fully saturated rings. The molecule has 0 radical (unpaired) electrons. The predicted octanol–water partition coefficient (Wildman–Crippen LogP) is 2.94. The number of nitrogens with one attached hydrogen (secondary N) is 2. The van der Waals surface area contributed by atoms with Crippen molar-refractivity contribution in [1.29, 1.82) is 0 Å². The minimum atomic E-state index is -1.01. The minimum Gasteiger partial charge on any atom is -0.503 e. The van der Waals surface area contributed by atoms with Gasteiger partial charge in [0.1, 0.15) is 17.2 Å². The van der Waals surface area contributed by atoms with Crippen molar-refractivity contribution >= 4 is 11.8 Å². The zero-order valence-corrected chi connectivity index (χ0v) is 17.4. The molecule has 31 heavy (non-hydrogen) atoms. The molecule has 3 N–H and O–H groups in total. The van der Waals surface area contributed by atoms with Gasteiger partial charge in [-0.3, -0.25) is 14.4 Å². The molecule has 2 amide bonds. The van der Waals surface area contributed by atoms with E-state index >= 15 is 0 Å². The molecule has 0 unspecified atom stereocenters. The molecule has 0 atom stereocenters. The number of pyridine rings is 1. The van der Waals surface area contributed by atoms with Crippen LogP contribution in [-0.4, -0.2) is 39.4 Å². The van der Waals surface area contributed by atoms with Crippen molar-refractivity contribution in [3.8, 4) is 5.75 Å². The Morgan fingerprint density at radius 1 is 1.29 bits per heavy atom. The van der Waals surface area contributed by atoms with Crippen LogP contribution in [0.3, 0.4) is 0 Å². The summed E-state index contributed by atoms with van der Waals surface area (Å²) in [4.78, 5) is 41.9. The van der Waals surface area contributed by atoms with Crippen molar-refractivity contribution in [2.75, 3.05) is 6.54 Å². The normalized spacial score (nSPS) is 13.7. The number of H-pyrrole nitrogens is 1. The Morgan fingerprint density at radius 2 is 2.00 bits per heavy atom. The highest BCUT2D eigenvalue weighted by Crippen LogP contribution is 2.28. The van der Waals surface area contributed by atoms with Crippen molar-refractivity contribution in [3.05, 3.63) is 63.1 Å². The first kappa shape index (κ1) is 22.5. The van der Waals surface area contributed by atoms with E-state index < -0.39 is 40.2 Å². The predicted molar refractivity (Wildman–Crippen MR) is 110 cm³/mol. The third-order valence-electron chi connectivity index (χ3n) is 5.53. The fourth-order valence-electron chi connectivity index (χ4n) is 3.41. The van der Waals surface area contributed by atoms with Gasteiger partial charge in [0.2, 0.25) is 5.43 Å². The fourth-order valence-corrected chi connectivity index (χ4v) is 3.41. The summed E-state index contributed by atoms with van der Waals surface area (Å²) in [6.07, 6.45) is 4.24. The number of hydrogen-bond donors (Lipinski definition) is 3. The lowest BCUT2D eigenvalue weighted by Gasteiger charge is -2.34. The van der Waals surface area contributed by atoms with Crippen molar-refractivity contribution in [1.82, 2.24) is 15.2 Å². The highest BCUT2D eigenvalue weighted by Gasteiger charge is 2.29. The number of carbonyl (C=O) groups is 2. The van der Waals surface area contributed by atoms with Crippen LogP contribution < -0.4 is 10.7 Å². The van der Waals surface area contributed by atoms with Gasteiger partial charge in [-0.15, -0.1) is 0 Å². The number of hydrogen-bond acceptors (Lipinski definition) is 4. The number of aromatic hydroxyl groups is 1. The second kappa shape index (κ2) is 9.28. The van der Waals surface area contributed by atoms with Crippen LogP contribution in [0.15, 0.2) is 29.2 Å². The van der Waals surface area contributed by atoms with Gasteiger partial charge < -0.3 is 20.3 Å². The van der Waals surface area contributed by atoms with Crippen molar-refractivity contribution < 1.29 is 23.5 Å². The Morgan fingerprint density at radius 3 is 2.58 bits per heavy atom. The summed E-state index contributed by atoms with van der Waals surface area (Å²) < 4.78 is 26.7. The van der Waals surface area contributed by atoms with E-state index in [4.69, 9.17) is 0 Å². The Kier molecular flexibility index (Phi) is 6.72. The lowest BCUT2D eigenvalue weighted by molar-refractivity contribution is 0.0622. The second-order valence-corrected chi connectivity index (χ2v) is 8.02. The van der Waals surface area contributed by atoms with Crippen LogP contribution >= 0.6 is 0 Å². The minimum absolute atomic E-state index is 0.0331. The summed E-state index contributed by atoms with van der Waals surface area (Å²) in [5.41, 5.74) is -1.68. The zero-order valence-electron chi connectivity index (χ0n) is 17.4. The molecular formula is C22H25F2N3O4. The number of aromatic amines is 1. The molecule has 1 aliphatic rings. The lowest BCUT2D eigenvalue weighted by Crippen LogP contribution is -2.42. The molecule has 1 aromatic carbocycles. The maximum atomic E-state index is 13.7. The van der Waals surface area contributed by atoms with Gasteiger partial charge >= 0.3 is 0 Å². The van der Waals surface area contributed by atoms with Gasteiger partial charge in [0.15, 0.2) is 11.4 Å². The van der Waals surface area contributed by atoms with Crippen LogP contribution in [0.25, 0.3) is 0 Å². The molecule has 7 nitrogen and oxygen atoms in total. The van der Waals surface area contributed by atoms with E-state index in [1.165, 1.54) is 6.07 Å². The molecule has 2 aromatic rings. The lowest BCUT2D eigenvalue weighted by atomic mass is 9.85. The molecule has 0 aliphatic heterocycles.